The van der Waals surface area contributed by atoms with Crippen molar-refractivity contribution < 1.29 is 4.74 Å². The second-order valence-corrected chi connectivity index (χ2v) is 5.20. The Labute approximate surface area is 117 Å². The van der Waals surface area contributed by atoms with Crippen LogP contribution in [0, 0.1) is 5.41 Å². The molecule has 1 fully saturated rings. The van der Waals surface area contributed by atoms with Crippen LogP contribution in [0.4, 0.5) is 5.69 Å². The Hall–Kier alpha value is -2.49. The first-order valence-electron chi connectivity index (χ1n) is 6.70. The molecule has 0 radical (unpaired) electrons. The molecule has 0 saturated carbocycles. The minimum Gasteiger partial charge on any atom is -0.455 e. The zero-order valence-corrected chi connectivity index (χ0v) is 11.2. The Morgan fingerprint density at radius 3 is 2.60 bits per heavy atom. The minimum absolute atomic E-state index is 0.132. The van der Waals surface area contributed by atoms with Gasteiger partial charge in [0.2, 0.25) is 0 Å². The third kappa shape index (κ3) is 1.45. The molecule has 0 bridgehead atoms. The molecule has 2 aliphatic rings. The molecule has 2 aromatic carbocycles. The van der Waals surface area contributed by atoms with Crippen molar-refractivity contribution in [3.05, 3.63) is 54.1 Å². The zero-order chi connectivity index (χ0) is 13.7. The van der Waals surface area contributed by atoms with E-state index in [4.69, 9.17) is 10.1 Å². The van der Waals surface area contributed by atoms with Crippen LogP contribution in [0.3, 0.4) is 0 Å². The molecule has 1 saturated heterocycles. The van der Waals surface area contributed by atoms with Crippen LogP contribution in [0.1, 0.15) is 11.6 Å². The largest absolute Gasteiger partial charge is 0.455 e. The van der Waals surface area contributed by atoms with Crippen LogP contribution in [-0.2, 0) is 0 Å². The molecule has 0 spiro atoms. The van der Waals surface area contributed by atoms with Crippen LogP contribution in [0.5, 0.6) is 11.5 Å². The molecule has 2 aliphatic heterocycles. The van der Waals surface area contributed by atoms with E-state index in [0.717, 1.165) is 29.3 Å². The fourth-order valence-corrected chi connectivity index (χ4v) is 2.99. The summed E-state index contributed by atoms with van der Waals surface area (Å²) in [6.07, 6.45) is 0. The number of anilines is 1. The van der Waals surface area contributed by atoms with Gasteiger partial charge in [0, 0.05) is 19.2 Å². The molecular weight excluding hydrogens is 250 g/mol. The molecule has 20 heavy (non-hydrogen) atoms. The fourth-order valence-electron chi connectivity index (χ4n) is 2.99. The van der Waals surface area contributed by atoms with Gasteiger partial charge in [-0.15, -0.1) is 0 Å². The molecule has 4 nitrogen and oxygen atoms in total. The molecular formula is C16H15N3O. The molecule has 2 heterocycles. The van der Waals surface area contributed by atoms with E-state index in [-0.39, 0.29) is 6.04 Å². The van der Waals surface area contributed by atoms with Gasteiger partial charge >= 0.3 is 0 Å². The lowest BCUT2D eigenvalue weighted by molar-refractivity contribution is 0.472. The van der Waals surface area contributed by atoms with Gasteiger partial charge in [-0.3, -0.25) is 10.3 Å². The molecule has 1 atom stereocenters. The number of nitrogens with zero attached hydrogens (tertiary/aromatic N) is 2. The number of guanidine groups is 1. The van der Waals surface area contributed by atoms with Crippen LogP contribution in [0.25, 0.3) is 0 Å². The molecule has 0 aliphatic carbocycles. The van der Waals surface area contributed by atoms with Crippen molar-refractivity contribution in [3.8, 4) is 11.5 Å². The third-order valence-electron chi connectivity index (χ3n) is 3.97. The molecule has 0 amide bonds. The first-order valence-corrected chi connectivity index (χ1v) is 6.70. The van der Waals surface area contributed by atoms with Gasteiger partial charge in [-0.2, -0.15) is 0 Å². The first-order chi connectivity index (χ1) is 9.75. The monoisotopic (exact) mass is 265 g/mol. The van der Waals surface area contributed by atoms with Gasteiger partial charge in [-0.1, -0.05) is 30.3 Å². The Morgan fingerprint density at radius 1 is 1.05 bits per heavy atom. The summed E-state index contributed by atoms with van der Waals surface area (Å²) < 4.78 is 6.07. The van der Waals surface area contributed by atoms with Crippen molar-refractivity contribution in [3.63, 3.8) is 0 Å². The number of fused-ring (bicyclic) bond motifs is 5. The van der Waals surface area contributed by atoms with Gasteiger partial charge in [0.1, 0.15) is 5.75 Å². The fraction of sp³-hybridized carbons (Fsp3) is 0.188. The van der Waals surface area contributed by atoms with Gasteiger partial charge in [0.05, 0.1) is 11.7 Å². The van der Waals surface area contributed by atoms with Crippen molar-refractivity contribution in [2.45, 2.75) is 6.04 Å². The maximum atomic E-state index is 8.35. The Morgan fingerprint density at radius 2 is 1.75 bits per heavy atom. The molecule has 1 N–H and O–H groups in total. The van der Waals surface area contributed by atoms with E-state index in [1.165, 1.54) is 0 Å². The van der Waals surface area contributed by atoms with Crippen molar-refractivity contribution in [1.82, 2.24) is 4.90 Å². The summed E-state index contributed by atoms with van der Waals surface area (Å²) in [5.74, 6) is 2.21. The highest BCUT2D eigenvalue weighted by Crippen LogP contribution is 2.46. The first kappa shape index (κ1) is 11.3. The van der Waals surface area contributed by atoms with E-state index in [1.807, 2.05) is 54.4 Å². The highest BCUT2D eigenvalue weighted by molar-refractivity contribution is 5.98. The number of nitrogens with one attached hydrogen (secondary N) is 1. The van der Waals surface area contributed by atoms with Gasteiger partial charge in [0.15, 0.2) is 11.7 Å². The number of benzene rings is 2. The predicted octanol–water partition coefficient (Wildman–Crippen LogP) is 3.22. The van der Waals surface area contributed by atoms with Crippen LogP contribution >= 0.6 is 0 Å². The zero-order valence-electron chi connectivity index (χ0n) is 11.2. The van der Waals surface area contributed by atoms with E-state index in [9.17, 15) is 0 Å². The Kier molecular flexibility index (Phi) is 2.27. The van der Waals surface area contributed by atoms with Crippen molar-refractivity contribution in [2.24, 2.45) is 0 Å². The van der Waals surface area contributed by atoms with Gasteiger partial charge in [-0.05, 0) is 18.2 Å². The van der Waals surface area contributed by atoms with Gasteiger partial charge in [-0.25, -0.2) is 0 Å². The lowest BCUT2D eigenvalue weighted by Gasteiger charge is -2.23. The van der Waals surface area contributed by atoms with Crippen molar-refractivity contribution in [1.29, 1.82) is 5.41 Å². The standard InChI is InChI=1S/C16H15N3O/c1-18-10-13-11-6-2-4-8-14(11)20-15-9-5-3-7-12(15)19(13)16(18)17/h2-9,13,17H,10H2,1H3. The SMILES string of the molecule is CN1CC2c3ccccc3Oc3ccccc3N2C1=N. The van der Waals surface area contributed by atoms with Gasteiger partial charge < -0.3 is 9.64 Å². The predicted molar refractivity (Wildman–Crippen MR) is 78.5 cm³/mol. The average Bonchev–Trinajstić information content (AvgIpc) is 2.68. The van der Waals surface area contributed by atoms with Crippen LogP contribution in [-0.4, -0.2) is 24.5 Å². The summed E-state index contributed by atoms with van der Waals surface area (Å²) in [7, 11) is 1.96. The number of likely N-dealkylation sites (N-methyl/N-ethyl adjacent to an activating group) is 1. The highest BCUT2D eigenvalue weighted by atomic mass is 16.5. The van der Waals surface area contributed by atoms with Gasteiger partial charge in [0.25, 0.3) is 0 Å². The number of para-hydroxylation sites is 3. The summed E-state index contributed by atoms with van der Waals surface area (Å²) in [6, 6.07) is 16.2. The van der Waals surface area contributed by atoms with E-state index in [0.29, 0.717) is 5.96 Å². The number of rotatable bonds is 0. The van der Waals surface area contributed by atoms with E-state index in [2.05, 4.69) is 11.0 Å². The number of hydrogen-bond acceptors (Lipinski definition) is 2. The summed E-state index contributed by atoms with van der Waals surface area (Å²) in [4.78, 5) is 4.03. The third-order valence-corrected chi connectivity index (χ3v) is 3.97. The summed E-state index contributed by atoms with van der Waals surface area (Å²) in [5, 5.41) is 8.35. The summed E-state index contributed by atoms with van der Waals surface area (Å²) >= 11 is 0. The average molecular weight is 265 g/mol. The number of ether oxygens (including phenoxy) is 1. The molecule has 4 heteroatoms. The summed E-state index contributed by atoms with van der Waals surface area (Å²) in [5.41, 5.74) is 2.10. The van der Waals surface area contributed by atoms with Crippen molar-refractivity contribution >= 4 is 11.6 Å². The summed E-state index contributed by atoms with van der Waals surface area (Å²) in [6.45, 7) is 0.799. The van der Waals surface area contributed by atoms with E-state index >= 15 is 0 Å². The number of hydrogen-bond donors (Lipinski definition) is 1. The lowest BCUT2D eigenvalue weighted by atomic mass is 10.1. The normalized spacial score (nSPS) is 19.9. The maximum absolute atomic E-state index is 8.35. The Balaban J connectivity index is 1.98. The molecule has 0 aromatic heterocycles. The minimum atomic E-state index is 0.132. The molecule has 100 valence electrons. The van der Waals surface area contributed by atoms with Crippen LogP contribution in [0.15, 0.2) is 48.5 Å². The van der Waals surface area contributed by atoms with E-state index in [1.54, 1.807) is 0 Å². The smallest absolute Gasteiger partial charge is 0.198 e. The Bertz CT molecular complexity index is 698. The topological polar surface area (TPSA) is 39.6 Å². The molecule has 2 aromatic rings. The lowest BCUT2D eigenvalue weighted by Crippen LogP contribution is -2.30. The van der Waals surface area contributed by atoms with Crippen LogP contribution in [0.2, 0.25) is 0 Å². The van der Waals surface area contributed by atoms with Crippen LogP contribution < -0.4 is 9.64 Å². The molecule has 4 rings (SSSR count). The second-order valence-electron chi connectivity index (χ2n) is 5.20. The van der Waals surface area contributed by atoms with E-state index < -0.39 is 0 Å². The second kappa shape index (κ2) is 4.00. The molecule has 1 unspecified atom stereocenters. The quantitative estimate of drug-likeness (QED) is 0.795. The van der Waals surface area contributed by atoms with Crippen molar-refractivity contribution in [2.75, 3.05) is 18.5 Å². The highest BCUT2D eigenvalue weighted by Gasteiger charge is 2.39. The maximum Gasteiger partial charge on any atom is 0.198 e.